The lowest BCUT2D eigenvalue weighted by Crippen LogP contribution is -2.20. The molecular weight excluding hydrogens is 325 g/mol. The fourth-order valence-corrected chi connectivity index (χ4v) is 2.00. The highest BCUT2D eigenvalue weighted by molar-refractivity contribution is 9.10. The summed E-state index contributed by atoms with van der Waals surface area (Å²) in [6, 6.07) is 11.7. The molecule has 0 saturated heterocycles. The Kier molecular flexibility index (Phi) is 4.74. The fourth-order valence-electron chi connectivity index (χ4n) is 1.61. The molecule has 0 bridgehead atoms. The number of aryl methyl sites for hydroxylation is 1. The molecule has 0 aliphatic carbocycles. The zero-order chi connectivity index (χ0) is 14.5. The van der Waals surface area contributed by atoms with E-state index in [4.69, 9.17) is 4.74 Å². The van der Waals surface area contributed by atoms with Crippen molar-refractivity contribution in [1.82, 2.24) is 0 Å². The minimum Gasteiger partial charge on any atom is -0.481 e. The van der Waals surface area contributed by atoms with Crippen LogP contribution in [0.15, 0.2) is 46.9 Å². The van der Waals surface area contributed by atoms with Gasteiger partial charge in [0.1, 0.15) is 0 Å². The molecule has 2 rings (SSSR count). The standard InChI is InChI=1S/C15H13BrFNO2/c1-10-6-7-12(17)14(8-10)20-9-15(19)18-13-5-3-2-4-11(13)16/h2-8H,9H2,1H3,(H,18,19). The summed E-state index contributed by atoms with van der Waals surface area (Å²) in [5.41, 5.74) is 1.51. The Balaban J connectivity index is 1.96. The number of anilines is 1. The van der Waals surface area contributed by atoms with Crippen LogP contribution in [0.25, 0.3) is 0 Å². The van der Waals surface area contributed by atoms with E-state index in [-0.39, 0.29) is 18.3 Å². The molecule has 2 aromatic rings. The summed E-state index contributed by atoms with van der Waals surface area (Å²) in [4.78, 5) is 11.8. The van der Waals surface area contributed by atoms with Gasteiger partial charge in [-0.25, -0.2) is 4.39 Å². The Morgan fingerprint density at radius 2 is 2.05 bits per heavy atom. The Hall–Kier alpha value is -1.88. The molecule has 5 heteroatoms. The summed E-state index contributed by atoms with van der Waals surface area (Å²) in [7, 11) is 0. The van der Waals surface area contributed by atoms with Crippen LogP contribution in [0.4, 0.5) is 10.1 Å². The number of carbonyl (C=O) groups excluding carboxylic acids is 1. The van der Waals surface area contributed by atoms with Gasteiger partial charge in [-0.1, -0.05) is 18.2 Å². The number of rotatable bonds is 4. The number of halogens is 2. The van der Waals surface area contributed by atoms with E-state index in [1.807, 2.05) is 19.1 Å². The predicted octanol–water partition coefficient (Wildman–Crippen LogP) is 3.91. The molecule has 0 aliphatic heterocycles. The number of ether oxygens (including phenoxy) is 1. The van der Waals surface area contributed by atoms with Crippen molar-refractivity contribution in [3.8, 4) is 5.75 Å². The Bertz CT molecular complexity index is 631. The third kappa shape index (κ3) is 3.81. The maximum absolute atomic E-state index is 13.4. The SMILES string of the molecule is Cc1ccc(F)c(OCC(=O)Nc2ccccc2Br)c1. The molecule has 0 atom stereocenters. The van der Waals surface area contributed by atoms with Gasteiger partial charge in [0.25, 0.3) is 5.91 Å². The zero-order valence-electron chi connectivity index (χ0n) is 10.8. The number of para-hydroxylation sites is 1. The molecule has 0 fully saturated rings. The summed E-state index contributed by atoms with van der Waals surface area (Å²) >= 11 is 3.33. The molecule has 104 valence electrons. The summed E-state index contributed by atoms with van der Waals surface area (Å²) in [5, 5.41) is 2.68. The molecule has 1 amide bonds. The monoisotopic (exact) mass is 337 g/mol. The van der Waals surface area contributed by atoms with Gasteiger partial charge < -0.3 is 10.1 Å². The molecule has 0 saturated carbocycles. The smallest absolute Gasteiger partial charge is 0.262 e. The van der Waals surface area contributed by atoms with Crippen LogP contribution in [0.2, 0.25) is 0 Å². The van der Waals surface area contributed by atoms with Crippen molar-refractivity contribution in [2.24, 2.45) is 0 Å². The van der Waals surface area contributed by atoms with E-state index in [0.717, 1.165) is 10.0 Å². The third-order valence-corrected chi connectivity index (χ3v) is 3.28. The maximum atomic E-state index is 13.4. The highest BCUT2D eigenvalue weighted by Crippen LogP contribution is 2.21. The van der Waals surface area contributed by atoms with Crippen LogP contribution in [0.1, 0.15) is 5.56 Å². The Morgan fingerprint density at radius 3 is 2.80 bits per heavy atom. The third-order valence-electron chi connectivity index (χ3n) is 2.59. The van der Waals surface area contributed by atoms with E-state index < -0.39 is 5.82 Å². The number of amides is 1. The lowest BCUT2D eigenvalue weighted by molar-refractivity contribution is -0.118. The second-order valence-corrected chi connectivity index (χ2v) is 5.10. The molecule has 1 N–H and O–H groups in total. The molecule has 20 heavy (non-hydrogen) atoms. The maximum Gasteiger partial charge on any atom is 0.262 e. The van der Waals surface area contributed by atoms with Gasteiger partial charge in [-0.2, -0.15) is 0 Å². The minimum atomic E-state index is -0.482. The normalized spacial score (nSPS) is 10.2. The van der Waals surface area contributed by atoms with Crippen molar-refractivity contribution < 1.29 is 13.9 Å². The van der Waals surface area contributed by atoms with Gasteiger partial charge in [0.05, 0.1) is 5.69 Å². The fraction of sp³-hybridized carbons (Fsp3) is 0.133. The van der Waals surface area contributed by atoms with Crippen LogP contribution >= 0.6 is 15.9 Å². The highest BCUT2D eigenvalue weighted by Gasteiger charge is 2.08. The predicted molar refractivity (Wildman–Crippen MR) is 79.4 cm³/mol. The van der Waals surface area contributed by atoms with Crippen LogP contribution in [-0.2, 0) is 4.79 Å². The number of hydrogen-bond acceptors (Lipinski definition) is 2. The van der Waals surface area contributed by atoms with Gasteiger partial charge in [0.15, 0.2) is 18.2 Å². The zero-order valence-corrected chi connectivity index (χ0v) is 12.4. The van der Waals surface area contributed by atoms with E-state index in [9.17, 15) is 9.18 Å². The number of nitrogens with one attached hydrogen (secondary N) is 1. The van der Waals surface area contributed by atoms with Crippen molar-refractivity contribution >= 4 is 27.5 Å². The van der Waals surface area contributed by atoms with E-state index in [2.05, 4.69) is 21.2 Å². The quantitative estimate of drug-likeness (QED) is 0.918. The first kappa shape index (κ1) is 14.5. The van der Waals surface area contributed by atoms with Gasteiger partial charge in [0.2, 0.25) is 0 Å². The van der Waals surface area contributed by atoms with E-state index >= 15 is 0 Å². The largest absolute Gasteiger partial charge is 0.481 e. The van der Waals surface area contributed by atoms with Crippen molar-refractivity contribution in [1.29, 1.82) is 0 Å². The average molecular weight is 338 g/mol. The molecule has 3 nitrogen and oxygen atoms in total. The van der Waals surface area contributed by atoms with Crippen molar-refractivity contribution in [3.63, 3.8) is 0 Å². The van der Waals surface area contributed by atoms with Gasteiger partial charge >= 0.3 is 0 Å². The van der Waals surface area contributed by atoms with E-state index in [0.29, 0.717) is 5.69 Å². The van der Waals surface area contributed by atoms with E-state index in [1.165, 1.54) is 6.07 Å². The van der Waals surface area contributed by atoms with Gasteiger partial charge in [0, 0.05) is 4.47 Å². The topological polar surface area (TPSA) is 38.3 Å². The van der Waals surface area contributed by atoms with E-state index in [1.54, 1.807) is 24.3 Å². The van der Waals surface area contributed by atoms with Gasteiger partial charge in [-0.3, -0.25) is 4.79 Å². The summed E-state index contributed by atoms with van der Waals surface area (Å²) < 4.78 is 19.4. The first-order chi connectivity index (χ1) is 9.56. The molecule has 0 heterocycles. The first-order valence-electron chi connectivity index (χ1n) is 5.99. The molecular formula is C15H13BrFNO2. The second-order valence-electron chi connectivity index (χ2n) is 4.25. The lowest BCUT2D eigenvalue weighted by Gasteiger charge is -2.09. The average Bonchev–Trinajstić information content (AvgIpc) is 2.42. The highest BCUT2D eigenvalue weighted by atomic mass is 79.9. The lowest BCUT2D eigenvalue weighted by atomic mass is 10.2. The number of benzene rings is 2. The first-order valence-corrected chi connectivity index (χ1v) is 6.79. The molecule has 0 spiro atoms. The minimum absolute atomic E-state index is 0.0762. The summed E-state index contributed by atoms with van der Waals surface area (Å²) in [6.45, 7) is 1.58. The van der Waals surface area contributed by atoms with Crippen LogP contribution in [0.3, 0.4) is 0 Å². The van der Waals surface area contributed by atoms with Crippen LogP contribution in [0, 0.1) is 12.7 Å². The van der Waals surface area contributed by atoms with Crippen LogP contribution in [0.5, 0.6) is 5.75 Å². The van der Waals surface area contributed by atoms with Crippen LogP contribution in [-0.4, -0.2) is 12.5 Å². The molecule has 2 aromatic carbocycles. The Morgan fingerprint density at radius 1 is 1.30 bits per heavy atom. The van der Waals surface area contributed by atoms with Crippen LogP contribution < -0.4 is 10.1 Å². The number of carbonyl (C=O) groups is 1. The molecule has 0 aliphatic rings. The molecule has 0 radical (unpaired) electrons. The van der Waals surface area contributed by atoms with Gasteiger partial charge in [-0.15, -0.1) is 0 Å². The Labute approximate surface area is 124 Å². The van der Waals surface area contributed by atoms with Crippen molar-refractivity contribution in [3.05, 3.63) is 58.3 Å². The molecule has 0 aromatic heterocycles. The summed E-state index contributed by atoms with van der Waals surface area (Å²) in [6.07, 6.45) is 0. The number of hydrogen-bond donors (Lipinski definition) is 1. The molecule has 0 unspecified atom stereocenters. The van der Waals surface area contributed by atoms with Crippen molar-refractivity contribution in [2.45, 2.75) is 6.92 Å². The second kappa shape index (κ2) is 6.52. The van der Waals surface area contributed by atoms with Crippen molar-refractivity contribution in [2.75, 3.05) is 11.9 Å². The summed E-state index contributed by atoms with van der Waals surface area (Å²) in [5.74, 6) is -0.755. The van der Waals surface area contributed by atoms with Gasteiger partial charge in [-0.05, 0) is 52.7 Å².